The fraction of sp³-hybridized carbons (Fsp3) is 1.00. The minimum atomic E-state index is -1.71. The molecule has 1 atom stereocenters. The predicted octanol–water partition coefficient (Wildman–Crippen LogP) is 3.03. The molecule has 0 aliphatic heterocycles. The summed E-state index contributed by atoms with van der Waals surface area (Å²) in [5.41, 5.74) is 0. The average Bonchev–Trinajstić information content (AvgIpc) is 1.97. The van der Waals surface area contributed by atoms with E-state index in [1.165, 1.54) is 0 Å². The van der Waals surface area contributed by atoms with Gasteiger partial charge in [-0.15, -0.1) is 0 Å². The highest BCUT2D eigenvalue weighted by Crippen LogP contribution is 2.37. The molecule has 0 aliphatic carbocycles. The highest BCUT2D eigenvalue weighted by Gasteiger charge is 2.39. The Morgan fingerprint density at radius 2 is 1.64 bits per heavy atom. The Balaban J connectivity index is 4.48. The largest absolute Gasteiger partial charge is 0.411 e. The zero-order chi connectivity index (χ0) is 11.6. The van der Waals surface area contributed by atoms with Gasteiger partial charge in [-0.05, 0) is 24.1 Å². The molecular formula is C11H26O2Si. The summed E-state index contributed by atoms with van der Waals surface area (Å²) in [7, 11) is -1.71. The lowest BCUT2D eigenvalue weighted by molar-refractivity contribution is 0.0683. The molecule has 0 unspecified atom stereocenters. The van der Waals surface area contributed by atoms with Crippen molar-refractivity contribution in [2.45, 2.75) is 58.9 Å². The molecule has 0 radical (unpaired) electrons. The van der Waals surface area contributed by atoms with E-state index in [2.05, 4.69) is 47.7 Å². The van der Waals surface area contributed by atoms with Crippen LogP contribution in [0.15, 0.2) is 0 Å². The topological polar surface area (TPSA) is 29.5 Å². The molecule has 0 fully saturated rings. The lowest BCUT2D eigenvalue weighted by Gasteiger charge is -2.39. The van der Waals surface area contributed by atoms with E-state index in [1.807, 2.05) is 0 Å². The molecule has 0 saturated carbocycles. The smallest absolute Gasteiger partial charge is 0.192 e. The SMILES string of the molecule is CC(C)[C@@H](CO)O[Si](C)(C)C(C)(C)C. The van der Waals surface area contributed by atoms with Gasteiger partial charge in [0.2, 0.25) is 0 Å². The van der Waals surface area contributed by atoms with Gasteiger partial charge in [0.05, 0.1) is 12.7 Å². The van der Waals surface area contributed by atoms with E-state index in [1.54, 1.807) is 0 Å². The van der Waals surface area contributed by atoms with Crippen LogP contribution in [0, 0.1) is 5.92 Å². The zero-order valence-electron chi connectivity index (χ0n) is 10.7. The van der Waals surface area contributed by atoms with Gasteiger partial charge in [0.1, 0.15) is 0 Å². The van der Waals surface area contributed by atoms with E-state index in [0.29, 0.717) is 5.92 Å². The third-order valence-electron chi connectivity index (χ3n) is 3.18. The van der Waals surface area contributed by atoms with Gasteiger partial charge >= 0.3 is 0 Å². The summed E-state index contributed by atoms with van der Waals surface area (Å²) < 4.78 is 6.10. The maximum atomic E-state index is 9.22. The maximum absolute atomic E-state index is 9.22. The van der Waals surface area contributed by atoms with Crippen molar-refractivity contribution in [1.82, 2.24) is 0 Å². The van der Waals surface area contributed by atoms with E-state index in [0.717, 1.165) is 0 Å². The molecule has 0 heterocycles. The van der Waals surface area contributed by atoms with Gasteiger partial charge in [-0.25, -0.2) is 0 Å². The van der Waals surface area contributed by atoms with Crippen LogP contribution in [0.25, 0.3) is 0 Å². The molecule has 0 saturated heterocycles. The van der Waals surface area contributed by atoms with Gasteiger partial charge in [-0.2, -0.15) is 0 Å². The molecule has 0 aromatic carbocycles. The second kappa shape index (κ2) is 4.77. The highest BCUT2D eigenvalue weighted by atomic mass is 28.4. The number of aliphatic hydroxyl groups is 1. The summed E-state index contributed by atoms with van der Waals surface area (Å²) >= 11 is 0. The average molecular weight is 218 g/mol. The standard InChI is InChI=1S/C11H26O2Si/c1-9(2)10(8-12)13-14(6,7)11(3,4)5/h9-10,12H,8H2,1-7H3/t10-/m1/s1. The second-order valence-corrected chi connectivity index (χ2v) is 10.6. The Hall–Kier alpha value is 0.137. The molecule has 14 heavy (non-hydrogen) atoms. The quantitative estimate of drug-likeness (QED) is 0.735. The number of hydrogen-bond donors (Lipinski definition) is 1. The third kappa shape index (κ3) is 3.71. The van der Waals surface area contributed by atoms with Crippen LogP contribution in [-0.2, 0) is 4.43 Å². The van der Waals surface area contributed by atoms with Gasteiger partial charge in [0.15, 0.2) is 8.32 Å². The number of aliphatic hydroxyl groups excluding tert-OH is 1. The van der Waals surface area contributed by atoms with Crippen molar-refractivity contribution in [2.24, 2.45) is 5.92 Å². The molecule has 0 amide bonds. The van der Waals surface area contributed by atoms with Crippen molar-refractivity contribution in [3.63, 3.8) is 0 Å². The van der Waals surface area contributed by atoms with Gasteiger partial charge in [-0.1, -0.05) is 34.6 Å². The first-order valence-electron chi connectivity index (χ1n) is 5.40. The molecule has 0 bridgehead atoms. The predicted molar refractivity (Wildman–Crippen MR) is 64.0 cm³/mol. The summed E-state index contributed by atoms with van der Waals surface area (Å²) in [6.45, 7) is 15.4. The first kappa shape index (κ1) is 14.1. The molecule has 3 heteroatoms. The van der Waals surface area contributed by atoms with E-state index in [-0.39, 0.29) is 17.7 Å². The molecule has 0 aromatic heterocycles. The van der Waals surface area contributed by atoms with E-state index >= 15 is 0 Å². The van der Waals surface area contributed by atoms with Crippen LogP contribution in [0.5, 0.6) is 0 Å². The third-order valence-corrected chi connectivity index (χ3v) is 7.68. The molecule has 0 rings (SSSR count). The summed E-state index contributed by atoms with van der Waals surface area (Å²) in [6.07, 6.45) is -0.00380. The Morgan fingerprint density at radius 1 is 1.21 bits per heavy atom. The van der Waals surface area contributed by atoms with Crippen LogP contribution >= 0.6 is 0 Å². The number of rotatable bonds is 4. The van der Waals surface area contributed by atoms with Gasteiger partial charge in [-0.3, -0.25) is 0 Å². The van der Waals surface area contributed by atoms with Crippen LogP contribution in [-0.4, -0.2) is 26.1 Å². The van der Waals surface area contributed by atoms with Crippen LogP contribution in [0.1, 0.15) is 34.6 Å². The van der Waals surface area contributed by atoms with Gasteiger partial charge < -0.3 is 9.53 Å². The van der Waals surface area contributed by atoms with E-state index in [9.17, 15) is 5.11 Å². The molecule has 0 spiro atoms. The summed E-state index contributed by atoms with van der Waals surface area (Å²) in [5, 5.41) is 9.44. The normalized spacial score (nSPS) is 16.1. The van der Waals surface area contributed by atoms with Crippen LogP contribution in [0.4, 0.5) is 0 Å². The van der Waals surface area contributed by atoms with Crippen molar-refractivity contribution < 1.29 is 9.53 Å². The highest BCUT2D eigenvalue weighted by molar-refractivity contribution is 6.74. The lowest BCUT2D eigenvalue weighted by atomic mass is 10.1. The van der Waals surface area contributed by atoms with Gasteiger partial charge in [0, 0.05) is 0 Å². The van der Waals surface area contributed by atoms with Crippen molar-refractivity contribution in [3.8, 4) is 0 Å². The molecule has 1 N–H and O–H groups in total. The summed E-state index contributed by atoms with van der Waals surface area (Å²) in [5.74, 6) is 0.383. The molecule has 0 aromatic rings. The Morgan fingerprint density at radius 3 is 1.86 bits per heavy atom. The minimum Gasteiger partial charge on any atom is -0.411 e. The fourth-order valence-electron chi connectivity index (χ4n) is 0.939. The molecule has 86 valence electrons. The molecular weight excluding hydrogens is 192 g/mol. The second-order valence-electron chi connectivity index (χ2n) is 5.84. The zero-order valence-corrected chi connectivity index (χ0v) is 11.7. The first-order chi connectivity index (χ1) is 6.12. The summed E-state index contributed by atoms with van der Waals surface area (Å²) in [6, 6.07) is 0. The van der Waals surface area contributed by atoms with E-state index < -0.39 is 8.32 Å². The monoisotopic (exact) mass is 218 g/mol. The summed E-state index contributed by atoms with van der Waals surface area (Å²) in [4.78, 5) is 0. The van der Waals surface area contributed by atoms with Crippen LogP contribution < -0.4 is 0 Å². The first-order valence-corrected chi connectivity index (χ1v) is 8.31. The Bertz CT molecular complexity index is 171. The Labute approximate surface area is 89.8 Å². The Kier molecular flexibility index (Phi) is 4.82. The minimum absolute atomic E-state index is 0.00380. The van der Waals surface area contributed by atoms with Crippen molar-refractivity contribution in [2.75, 3.05) is 6.61 Å². The molecule has 2 nitrogen and oxygen atoms in total. The maximum Gasteiger partial charge on any atom is 0.192 e. The lowest BCUT2D eigenvalue weighted by Crippen LogP contribution is -2.46. The van der Waals surface area contributed by atoms with Crippen molar-refractivity contribution in [3.05, 3.63) is 0 Å². The van der Waals surface area contributed by atoms with Crippen LogP contribution in [0.2, 0.25) is 18.1 Å². The van der Waals surface area contributed by atoms with Crippen molar-refractivity contribution >= 4 is 8.32 Å². The molecule has 0 aliphatic rings. The van der Waals surface area contributed by atoms with Crippen LogP contribution in [0.3, 0.4) is 0 Å². The van der Waals surface area contributed by atoms with Crippen molar-refractivity contribution in [1.29, 1.82) is 0 Å². The fourth-order valence-corrected chi connectivity index (χ4v) is 2.40. The number of hydrogen-bond acceptors (Lipinski definition) is 2. The van der Waals surface area contributed by atoms with Gasteiger partial charge in [0.25, 0.3) is 0 Å². The van der Waals surface area contributed by atoms with E-state index in [4.69, 9.17) is 4.43 Å².